The van der Waals surface area contributed by atoms with E-state index in [2.05, 4.69) is 120 Å². The molecule has 1 fully saturated rings. The largest absolute Gasteiger partial charge is 0.378 e. The molecule has 1 atom stereocenters. The number of hydrogen-bond donors (Lipinski definition) is 0. The third-order valence-corrected chi connectivity index (χ3v) is 7.19. The first-order chi connectivity index (χ1) is 15.6. The third kappa shape index (κ3) is 4.30. The fourth-order valence-electron chi connectivity index (χ4n) is 3.91. The number of rotatable bonds is 7. The number of hydrogen-bond acceptors (Lipinski definition) is 4. The van der Waals surface area contributed by atoms with Crippen molar-refractivity contribution in [3.05, 3.63) is 101 Å². The van der Waals surface area contributed by atoms with Gasteiger partial charge < -0.3 is 4.90 Å². The van der Waals surface area contributed by atoms with Gasteiger partial charge in [-0.25, -0.2) is 0 Å². The molecular weight excluding hydrogens is 412 g/mol. The Hall–Kier alpha value is -3.05. The maximum Gasteiger partial charge on any atom is 0.196 e. The molecule has 3 aromatic carbocycles. The molecule has 0 N–H and O–H groups in total. The first-order valence-corrected chi connectivity index (χ1v) is 12.0. The second-order valence-electron chi connectivity index (χ2n) is 8.68. The first-order valence-electron chi connectivity index (χ1n) is 11.1. The van der Waals surface area contributed by atoms with E-state index in [0.29, 0.717) is 5.92 Å². The lowest BCUT2D eigenvalue weighted by Crippen LogP contribution is -2.09. The van der Waals surface area contributed by atoms with E-state index in [-0.39, 0.29) is 5.25 Å². The van der Waals surface area contributed by atoms with Crippen LogP contribution in [0, 0.1) is 6.92 Å². The molecule has 1 saturated carbocycles. The minimum absolute atomic E-state index is 0.146. The Morgan fingerprint density at radius 3 is 2.12 bits per heavy atom. The SMILES string of the molecule is Cc1ccc(C(Sc2nnc(C3CC3)n2-c2ccc(N(C)C)cc2)c2ccccc2)cc1. The lowest BCUT2D eigenvalue weighted by molar-refractivity contribution is 0.827. The van der Waals surface area contributed by atoms with Crippen LogP contribution in [-0.4, -0.2) is 28.9 Å². The van der Waals surface area contributed by atoms with Crippen LogP contribution < -0.4 is 4.90 Å². The molecule has 0 radical (unpaired) electrons. The quantitative estimate of drug-likeness (QED) is 0.311. The molecule has 4 nitrogen and oxygen atoms in total. The Bertz CT molecular complexity index is 1180. The van der Waals surface area contributed by atoms with Crippen molar-refractivity contribution >= 4 is 17.4 Å². The molecule has 5 heteroatoms. The van der Waals surface area contributed by atoms with Gasteiger partial charge in [-0.15, -0.1) is 10.2 Å². The average molecular weight is 441 g/mol. The van der Waals surface area contributed by atoms with Crippen LogP contribution in [0.5, 0.6) is 0 Å². The molecule has 162 valence electrons. The molecule has 5 rings (SSSR count). The fraction of sp³-hybridized carbons (Fsp3) is 0.259. The molecule has 4 aromatic rings. The van der Waals surface area contributed by atoms with Gasteiger partial charge in [-0.05, 0) is 55.2 Å². The number of nitrogens with zero attached hydrogens (tertiary/aromatic N) is 4. The summed E-state index contributed by atoms with van der Waals surface area (Å²) in [6.45, 7) is 2.13. The molecular formula is C27H28N4S. The summed E-state index contributed by atoms with van der Waals surface area (Å²) in [5.74, 6) is 1.60. The Labute approximate surface area is 194 Å². The highest BCUT2D eigenvalue weighted by Crippen LogP contribution is 2.45. The summed E-state index contributed by atoms with van der Waals surface area (Å²) in [6.07, 6.45) is 2.39. The number of aryl methyl sites for hydroxylation is 1. The summed E-state index contributed by atoms with van der Waals surface area (Å²) in [4.78, 5) is 2.12. The zero-order chi connectivity index (χ0) is 22.1. The maximum atomic E-state index is 4.69. The van der Waals surface area contributed by atoms with E-state index in [1.807, 2.05) is 0 Å². The predicted molar refractivity (Wildman–Crippen MR) is 133 cm³/mol. The molecule has 1 heterocycles. The third-order valence-electron chi connectivity index (χ3n) is 5.93. The minimum atomic E-state index is 0.146. The van der Waals surface area contributed by atoms with E-state index in [0.717, 1.165) is 16.7 Å². The van der Waals surface area contributed by atoms with E-state index in [1.54, 1.807) is 11.8 Å². The lowest BCUT2D eigenvalue weighted by atomic mass is 10.0. The van der Waals surface area contributed by atoms with Crippen molar-refractivity contribution in [2.24, 2.45) is 0 Å². The number of anilines is 1. The predicted octanol–water partition coefficient (Wildman–Crippen LogP) is 6.40. The highest BCUT2D eigenvalue weighted by Gasteiger charge is 2.32. The normalized spacial score (nSPS) is 14.3. The molecule has 1 aromatic heterocycles. The topological polar surface area (TPSA) is 34.0 Å². The van der Waals surface area contributed by atoms with E-state index < -0.39 is 0 Å². The van der Waals surface area contributed by atoms with Crippen LogP contribution in [0.3, 0.4) is 0 Å². The summed E-state index contributed by atoms with van der Waals surface area (Å²) in [5.41, 5.74) is 6.13. The van der Waals surface area contributed by atoms with Gasteiger partial charge in [0, 0.05) is 31.4 Å². The van der Waals surface area contributed by atoms with Gasteiger partial charge in [-0.3, -0.25) is 4.57 Å². The molecule has 1 aliphatic rings. The molecule has 1 unspecified atom stereocenters. The highest BCUT2D eigenvalue weighted by atomic mass is 32.2. The molecule has 1 aliphatic carbocycles. The second-order valence-corrected chi connectivity index (χ2v) is 9.75. The van der Waals surface area contributed by atoms with Gasteiger partial charge in [0.15, 0.2) is 5.16 Å². The van der Waals surface area contributed by atoms with Crippen LogP contribution in [0.2, 0.25) is 0 Å². The van der Waals surface area contributed by atoms with Crippen molar-refractivity contribution in [3.63, 3.8) is 0 Å². The van der Waals surface area contributed by atoms with Crippen molar-refractivity contribution in [2.45, 2.75) is 36.1 Å². The number of benzene rings is 3. The van der Waals surface area contributed by atoms with Crippen molar-refractivity contribution in [3.8, 4) is 5.69 Å². The van der Waals surface area contributed by atoms with E-state index >= 15 is 0 Å². The molecule has 0 bridgehead atoms. The molecule has 0 aliphatic heterocycles. The monoisotopic (exact) mass is 440 g/mol. The Morgan fingerprint density at radius 1 is 0.844 bits per heavy atom. The molecule has 0 amide bonds. The summed E-state index contributed by atoms with van der Waals surface area (Å²) < 4.78 is 2.27. The van der Waals surface area contributed by atoms with Gasteiger partial charge >= 0.3 is 0 Å². The van der Waals surface area contributed by atoms with E-state index in [1.165, 1.54) is 35.2 Å². The van der Waals surface area contributed by atoms with E-state index in [4.69, 9.17) is 0 Å². The van der Waals surface area contributed by atoms with Crippen molar-refractivity contribution in [1.29, 1.82) is 0 Å². The Balaban J connectivity index is 1.56. The zero-order valence-corrected chi connectivity index (χ0v) is 19.6. The minimum Gasteiger partial charge on any atom is -0.378 e. The van der Waals surface area contributed by atoms with Gasteiger partial charge in [0.25, 0.3) is 0 Å². The van der Waals surface area contributed by atoms with Crippen LogP contribution in [0.4, 0.5) is 5.69 Å². The summed E-state index contributed by atoms with van der Waals surface area (Å²) in [5, 5.41) is 10.4. The Morgan fingerprint density at radius 2 is 1.50 bits per heavy atom. The zero-order valence-electron chi connectivity index (χ0n) is 18.8. The van der Waals surface area contributed by atoms with Gasteiger partial charge in [0.1, 0.15) is 5.82 Å². The van der Waals surface area contributed by atoms with Gasteiger partial charge in [-0.2, -0.15) is 0 Å². The average Bonchev–Trinajstić information content (AvgIpc) is 3.58. The standard InChI is InChI=1S/C27H28N4S/c1-19-9-11-21(12-10-19)25(20-7-5-4-6-8-20)32-27-29-28-26(22-13-14-22)31(27)24-17-15-23(16-18-24)30(2)3/h4-12,15-18,22,25H,13-14H2,1-3H3. The second kappa shape index (κ2) is 8.83. The smallest absolute Gasteiger partial charge is 0.196 e. The van der Waals surface area contributed by atoms with Crippen molar-refractivity contribution < 1.29 is 0 Å². The van der Waals surface area contributed by atoms with Crippen LogP contribution in [0.25, 0.3) is 5.69 Å². The van der Waals surface area contributed by atoms with Crippen molar-refractivity contribution in [2.75, 3.05) is 19.0 Å². The van der Waals surface area contributed by atoms with Gasteiger partial charge in [0.05, 0.1) is 5.25 Å². The highest BCUT2D eigenvalue weighted by molar-refractivity contribution is 7.99. The maximum absolute atomic E-state index is 4.69. The molecule has 0 saturated heterocycles. The fourth-order valence-corrected chi connectivity index (χ4v) is 5.10. The molecule has 0 spiro atoms. The lowest BCUT2D eigenvalue weighted by Gasteiger charge is -2.19. The van der Waals surface area contributed by atoms with Crippen LogP contribution in [0.1, 0.15) is 46.5 Å². The summed E-state index contributed by atoms with van der Waals surface area (Å²) in [7, 11) is 4.13. The Kier molecular flexibility index (Phi) is 5.75. The summed E-state index contributed by atoms with van der Waals surface area (Å²) in [6, 6.07) is 28.2. The van der Waals surface area contributed by atoms with Crippen LogP contribution in [0.15, 0.2) is 84.0 Å². The van der Waals surface area contributed by atoms with Crippen LogP contribution >= 0.6 is 11.8 Å². The number of aromatic nitrogens is 3. The van der Waals surface area contributed by atoms with E-state index in [9.17, 15) is 0 Å². The van der Waals surface area contributed by atoms with Crippen LogP contribution in [-0.2, 0) is 0 Å². The number of thioether (sulfide) groups is 1. The summed E-state index contributed by atoms with van der Waals surface area (Å²) >= 11 is 1.78. The van der Waals surface area contributed by atoms with Gasteiger partial charge in [0.2, 0.25) is 0 Å². The molecule has 32 heavy (non-hydrogen) atoms. The van der Waals surface area contributed by atoms with Crippen molar-refractivity contribution in [1.82, 2.24) is 14.8 Å². The first kappa shape index (κ1) is 20.8. The van der Waals surface area contributed by atoms with Gasteiger partial charge in [-0.1, -0.05) is 71.9 Å².